The summed E-state index contributed by atoms with van der Waals surface area (Å²) in [6.45, 7) is 0.253. The van der Waals surface area contributed by atoms with Crippen LogP contribution in [0.1, 0.15) is 11.6 Å². The Morgan fingerprint density at radius 1 is 1.17 bits per heavy atom. The minimum Gasteiger partial charge on any atom is -0.495 e. The molecule has 1 atom stereocenters. The van der Waals surface area contributed by atoms with Crippen molar-refractivity contribution in [2.75, 3.05) is 27.7 Å². The maximum Gasteiger partial charge on any atom is 0.240 e. The van der Waals surface area contributed by atoms with Crippen molar-refractivity contribution in [1.82, 2.24) is 9.62 Å². The van der Waals surface area contributed by atoms with Gasteiger partial charge in [-0.15, -0.1) is 0 Å². The van der Waals surface area contributed by atoms with Gasteiger partial charge < -0.3 is 9.64 Å². The fraction of sp³-hybridized carbons (Fsp3) is 0.294. The second-order valence-electron chi connectivity index (χ2n) is 5.54. The fourth-order valence-corrected chi connectivity index (χ4v) is 3.75. The van der Waals surface area contributed by atoms with E-state index in [1.807, 2.05) is 49.3 Å². The van der Waals surface area contributed by atoms with Crippen LogP contribution in [0.5, 0.6) is 5.75 Å². The number of rotatable bonds is 7. The van der Waals surface area contributed by atoms with Crippen LogP contribution in [0.4, 0.5) is 0 Å². The lowest BCUT2D eigenvalue weighted by Crippen LogP contribution is -2.34. The molecule has 0 heterocycles. The SMILES string of the molecule is COc1ccc(S(=O)(=O)NCC(c2ccccc2)N(C)C)cc1Cl. The topological polar surface area (TPSA) is 58.6 Å². The van der Waals surface area contributed by atoms with Crippen molar-refractivity contribution in [3.8, 4) is 5.75 Å². The van der Waals surface area contributed by atoms with E-state index in [9.17, 15) is 8.42 Å². The lowest BCUT2D eigenvalue weighted by molar-refractivity contribution is 0.299. The van der Waals surface area contributed by atoms with Gasteiger partial charge in [0.05, 0.1) is 17.0 Å². The highest BCUT2D eigenvalue weighted by atomic mass is 35.5. The highest BCUT2D eigenvalue weighted by Gasteiger charge is 2.20. The highest BCUT2D eigenvalue weighted by Crippen LogP contribution is 2.27. The molecule has 0 aromatic heterocycles. The Morgan fingerprint density at radius 2 is 1.83 bits per heavy atom. The molecule has 0 aliphatic rings. The molecule has 1 N–H and O–H groups in total. The number of benzene rings is 2. The van der Waals surface area contributed by atoms with Crippen molar-refractivity contribution in [1.29, 1.82) is 0 Å². The van der Waals surface area contributed by atoms with Gasteiger partial charge in [-0.2, -0.15) is 0 Å². The van der Waals surface area contributed by atoms with E-state index < -0.39 is 10.0 Å². The van der Waals surface area contributed by atoms with Crippen molar-refractivity contribution in [2.45, 2.75) is 10.9 Å². The van der Waals surface area contributed by atoms with Crippen LogP contribution in [-0.2, 0) is 10.0 Å². The maximum absolute atomic E-state index is 12.5. The summed E-state index contributed by atoms with van der Waals surface area (Å²) in [6.07, 6.45) is 0. The van der Waals surface area contributed by atoms with E-state index in [1.54, 1.807) is 0 Å². The predicted octanol–water partition coefficient (Wildman–Crippen LogP) is 2.93. The Hall–Kier alpha value is -1.60. The molecule has 24 heavy (non-hydrogen) atoms. The summed E-state index contributed by atoms with van der Waals surface area (Å²) in [5, 5.41) is 0.257. The zero-order valence-electron chi connectivity index (χ0n) is 13.9. The largest absolute Gasteiger partial charge is 0.495 e. The number of sulfonamides is 1. The van der Waals surface area contributed by atoms with Crippen molar-refractivity contribution >= 4 is 21.6 Å². The lowest BCUT2D eigenvalue weighted by Gasteiger charge is -2.25. The summed E-state index contributed by atoms with van der Waals surface area (Å²) in [5.41, 5.74) is 1.04. The molecule has 0 aliphatic heterocycles. The average molecular weight is 369 g/mol. The molecule has 2 rings (SSSR count). The molecular formula is C17H21ClN2O3S. The van der Waals surface area contributed by atoms with Gasteiger partial charge in [-0.3, -0.25) is 0 Å². The molecule has 0 radical (unpaired) electrons. The maximum atomic E-state index is 12.5. The first-order valence-corrected chi connectivity index (χ1v) is 9.26. The summed E-state index contributed by atoms with van der Waals surface area (Å²) in [4.78, 5) is 2.08. The van der Waals surface area contributed by atoms with Crippen LogP contribution >= 0.6 is 11.6 Å². The van der Waals surface area contributed by atoms with E-state index in [-0.39, 0.29) is 22.5 Å². The van der Waals surface area contributed by atoms with Gasteiger partial charge in [-0.25, -0.2) is 13.1 Å². The van der Waals surface area contributed by atoms with Crippen LogP contribution in [0.25, 0.3) is 0 Å². The van der Waals surface area contributed by atoms with E-state index in [1.165, 1.54) is 25.3 Å². The Morgan fingerprint density at radius 3 is 2.38 bits per heavy atom. The van der Waals surface area contributed by atoms with Crippen molar-refractivity contribution < 1.29 is 13.2 Å². The Kier molecular flexibility index (Phi) is 6.23. The van der Waals surface area contributed by atoms with Gasteiger partial charge in [-0.05, 0) is 37.9 Å². The Bertz CT molecular complexity index is 780. The van der Waals surface area contributed by atoms with Gasteiger partial charge in [0.15, 0.2) is 0 Å². The molecule has 0 saturated carbocycles. The summed E-state index contributed by atoms with van der Waals surface area (Å²) >= 11 is 6.02. The Balaban J connectivity index is 2.18. The number of nitrogens with zero attached hydrogens (tertiary/aromatic N) is 1. The molecule has 0 bridgehead atoms. The third-order valence-electron chi connectivity index (χ3n) is 3.71. The summed E-state index contributed by atoms with van der Waals surface area (Å²) in [5.74, 6) is 0.436. The van der Waals surface area contributed by atoms with Crippen LogP contribution in [0.3, 0.4) is 0 Å². The van der Waals surface area contributed by atoms with Crippen LogP contribution in [-0.4, -0.2) is 41.1 Å². The number of methoxy groups -OCH3 is 1. The molecule has 0 aliphatic carbocycles. The highest BCUT2D eigenvalue weighted by molar-refractivity contribution is 7.89. The standard InChI is InChI=1S/C17H21ClN2O3S/c1-20(2)16(13-7-5-4-6-8-13)12-19-24(21,22)14-9-10-17(23-3)15(18)11-14/h4-11,16,19H,12H2,1-3H3. The van der Waals surface area contributed by atoms with E-state index in [0.29, 0.717) is 5.75 Å². The van der Waals surface area contributed by atoms with Crippen molar-refractivity contribution in [3.63, 3.8) is 0 Å². The lowest BCUT2D eigenvalue weighted by atomic mass is 10.1. The van der Waals surface area contributed by atoms with Crippen LogP contribution in [0.2, 0.25) is 5.02 Å². The molecule has 2 aromatic rings. The van der Waals surface area contributed by atoms with Gasteiger partial charge in [0.25, 0.3) is 0 Å². The molecule has 0 fully saturated rings. The molecule has 0 amide bonds. The van der Waals surface area contributed by atoms with E-state index >= 15 is 0 Å². The van der Waals surface area contributed by atoms with E-state index in [2.05, 4.69) is 4.72 Å². The zero-order valence-corrected chi connectivity index (χ0v) is 15.4. The fourth-order valence-electron chi connectivity index (χ4n) is 2.36. The molecule has 5 nitrogen and oxygen atoms in total. The van der Waals surface area contributed by atoms with Crippen molar-refractivity contribution in [3.05, 3.63) is 59.1 Å². The number of hydrogen-bond acceptors (Lipinski definition) is 4. The van der Waals surface area contributed by atoms with Gasteiger partial charge in [0, 0.05) is 12.6 Å². The molecule has 0 spiro atoms. The first kappa shape index (κ1) is 18.7. The second kappa shape index (κ2) is 7.98. The minimum absolute atomic E-state index is 0.0744. The van der Waals surface area contributed by atoms with E-state index in [0.717, 1.165) is 5.56 Å². The second-order valence-corrected chi connectivity index (χ2v) is 7.71. The number of hydrogen-bond donors (Lipinski definition) is 1. The molecule has 2 aromatic carbocycles. The Labute approximate surface area is 148 Å². The third kappa shape index (κ3) is 4.48. The summed E-state index contributed by atoms with van der Waals surface area (Å²) in [6, 6.07) is 14.1. The summed E-state index contributed by atoms with van der Waals surface area (Å²) in [7, 11) is 1.65. The number of ether oxygens (including phenoxy) is 1. The van der Waals surface area contributed by atoms with Gasteiger partial charge >= 0.3 is 0 Å². The molecule has 7 heteroatoms. The molecular weight excluding hydrogens is 348 g/mol. The van der Waals surface area contributed by atoms with Crippen LogP contribution < -0.4 is 9.46 Å². The smallest absolute Gasteiger partial charge is 0.240 e. The van der Waals surface area contributed by atoms with Crippen LogP contribution in [0.15, 0.2) is 53.4 Å². The predicted molar refractivity (Wildman–Crippen MR) is 96.1 cm³/mol. The summed E-state index contributed by atoms with van der Waals surface area (Å²) < 4.78 is 32.7. The molecule has 0 saturated heterocycles. The van der Waals surface area contributed by atoms with Crippen LogP contribution in [0, 0.1) is 0 Å². The molecule has 130 valence electrons. The average Bonchev–Trinajstić information content (AvgIpc) is 2.55. The van der Waals surface area contributed by atoms with Crippen molar-refractivity contribution in [2.24, 2.45) is 0 Å². The number of halogens is 1. The zero-order chi connectivity index (χ0) is 17.7. The first-order valence-electron chi connectivity index (χ1n) is 7.39. The molecule has 1 unspecified atom stereocenters. The normalized spacial score (nSPS) is 13.0. The third-order valence-corrected chi connectivity index (χ3v) is 5.42. The minimum atomic E-state index is -3.66. The monoisotopic (exact) mass is 368 g/mol. The number of nitrogens with one attached hydrogen (secondary N) is 1. The van der Waals surface area contributed by atoms with Gasteiger partial charge in [-0.1, -0.05) is 41.9 Å². The first-order chi connectivity index (χ1) is 11.3. The van der Waals surface area contributed by atoms with Gasteiger partial charge in [0.2, 0.25) is 10.0 Å². The van der Waals surface area contributed by atoms with E-state index in [4.69, 9.17) is 16.3 Å². The number of likely N-dealkylation sites (N-methyl/N-ethyl adjacent to an activating group) is 1. The quantitative estimate of drug-likeness (QED) is 0.816. The van der Waals surface area contributed by atoms with Gasteiger partial charge in [0.1, 0.15) is 5.75 Å².